The zero-order chi connectivity index (χ0) is 18.5. The molecule has 4 aromatic rings. The Morgan fingerprint density at radius 1 is 0.593 bits per heavy atom. The van der Waals surface area contributed by atoms with E-state index < -0.39 is 0 Å². The van der Waals surface area contributed by atoms with Gasteiger partial charge in [0.2, 0.25) is 0 Å². The number of hydrogen-bond donors (Lipinski definition) is 1. The molecule has 0 saturated carbocycles. The second-order valence-corrected chi connectivity index (χ2v) is 5.98. The van der Waals surface area contributed by atoms with Crippen LogP contribution in [-0.4, -0.2) is 20.9 Å². The highest BCUT2D eigenvalue weighted by Gasteiger charge is 2.19. The molecule has 2 heterocycles. The maximum atomic E-state index is 9.88. The lowest BCUT2D eigenvalue weighted by Gasteiger charge is -2.13. The van der Waals surface area contributed by atoms with Crippen LogP contribution in [0.3, 0.4) is 0 Å². The molecule has 2 aromatic carbocycles. The molecule has 4 rings (SSSR count). The summed E-state index contributed by atoms with van der Waals surface area (Å²) in [5.41, 5.74) is 5.28. The maximum absolute atomic E-state index is 9.88. The number of aromatic nitrogens is 2. The molecular formula is C23H17N3O. The summed E-state index contributed by atoms with van der Waals surface area (Å²) in [5.74, 6) is 0. The van der Waals surface area contributed by atoms with E-state index in [1.165, 1.54) is 0 Å². The van der Waals surface area contributed by atoms with Gasteiger partial charge < -0.3 is 5.21 Å². The van der Waals surface area contributed by atoms with Crippen LogP contribution in [0.2, 0.25) is 0 Å². The van der Waals surface area contributed by atoms with Gasteiger partial charge in [-0.25, -0.2) is 0 Å². The van der Waals surface area contributed by atoms with Crippen molar-refractivity contribution in [3.8, 4) is 22.3 Å². The lowest BCUT2D eigenvalue weighted by Crippen LogP contribution is -2.11. The summed E-state index contributed by atoms with van der Waals surface area (Å²) in [4.78, 5) is 9.01. The molecule has 0 atom stereocenters. The van der Waals surface area contributed by atoms with Crippen LogP contribution in [0.5, 0.6) is 0 Å². The van der Waals surface area contributed by atoms with Gasteiger partial charge in [0, 0.05) is 23.5 Å². The van der Waals surface area contributed by atoms with Gasteiger partial charge in [0.1, 0.15) is 11.4 Å². The Hall–Kier alpha value is -3.79. The van der Waals surface area contributed by atoms with E-state index in [9.17, 15) is 5.21 Å². The second-order valence-electron chi connectivity index (χ2n) is 5.98. The molecule has 27 heavy (non-hydrogen) atoms. The molecule has 0 radical (unpaired) electrons. The van der Waals surface area contributed by atoms with Gasteiger partial charge in [-0.3, -0.25) is 9.97 Å². The van der Waals surface area contributed by atoms with Crippen LogP contribution in [0.4, 0.5) is 0 Å². The van der Waals surface area contributed by atoms with E-state index in [0.29, 0.717) is 17.1 Å². The molecule has 0 spiro atoms. The average molecular weight is 351 g/mol. The second kappa shape index (κ2) is 7.62. The standard InChI is InChI=1S/C23H17N3O/c27-26-23(21-19(13-7-15-24-21)17-9-3-1-4-10-17)22-20(14-8-16-25-22)18-11-5-2-6-12-18/h1-16,27H. The third kappa shape index (κ3) is 3.33. The number of nitrogens with zero attached hydrogens (tertiary/aromatic N) is 3. The smallest absolute Gasteiger partial charge is 0.155 e. The van der Waals surface area contributed by atoms with Crippen molar-refractivity contribution in [2.24, 2.45) is 5.16 Å². The van der Waals surface area contributed by atoms with Gasteiger partial charge in [-0.05, 0) is 23.3 Å². The summed E-state index contributed by atoms with van der Waals surface area (Å²) in [6.45, 7) is 0. The van der Waals surface area contributed by atoms with Crippen molar-refractivity contribution in [2.75, 3.05) is 0 Å². The summed E-state index contributed by atoms with van der Waals surface area (Å²) in [6.07, 6.45) is 3.39. The van der Waals surface area contributed by atoms with Crippen LogP contribution in [0.25, 0.3) is 22.3 Å². The molecule has 130 valence electrons. The van der Waals surface area contributed by atoms with Crippen LogP contribution in [0.1, 0.15) is 11.4 Å². The molecule has 0 unspecified atom stereocenters. The van der Waals surface area contributed by atoms with Gasteiger partial charge in [-0.15, -0.1) is 0 Å². The molecular weight excluding hydrogens is 334 g/mol. The predicted octanol–water partition coefficient (Wildman–Crippen LogP) is 5.04. The van der Waals surface area contributed by atoms with Crippen molar-refractivity contribution in [2.45, 2.75) is 0 Å². The van der Waals surface area contributed by atoms with Crippen molar-refractivity contribution in [3.63, 3.8) is 0 Å². The highest BCUT2D eigenvalue weighted by Crippen LogP contribution is 2.28. The summed E-state index contributed by atoms with van der Waals surface area (Å²) in [7, 11) is 0. The molecule has 0 aliphatic carbocycles. The topological polar surface area (TPSA) is 58.4 Å². The number of hydrogen-bond acceptors (Lipinski definition) is 4. The first-order valence-corrected chi connectivity index (χ1v) is 8.62. The maximum Gasteiger partial charge on any atom is 0.155 e. The van der Waals surface area contributed by atoms with E-state index in [0.717, 1.165) is 22.3 Å². The number of rotatable bonds is 4. The van der Waals surface area contributed by atoms with Gasteiger partial charge in [0.25, 0.3) is 0 Å². The van der Waals surface area contributed by atoms with E-state index in [1.54, 1.807) is 12.4 Å². The minimum atomic E-state index is 0.342. The Kier molecular flexibility index (Phi) is 4.70. The number of pyridine rings is 2. The Labute approximate surface area is 157 Å². The fourth-order valence-electron chi connectivity index (χ4n) is 3.10. The van der Waals surface area contributed by atoms with Gasteiger partial charge >= 0.3 is 0 Å². The van der Waals surface area contributed by atoms with Crippen LogP contribution in [0.15, 0.2) is 102 Å². The SMILES string of the molecule is ON=C(c1ncccc1-c1ccccc1)c1ncccc1-c1ccccc1. The van der Waals surface area contributed by atoms with Gasteiger partial charge in [0.15, 0.2) is 5.71 Å². The summed E-state index contributed by atoms with van der Waals surface area (Å²) in [6, 6.07) is 27.5. The molecule has 0 saturated heterocycles. The number of oxime groups is 1. The Morgan fingerprint density at radius 3 is 1.44 bits per heavy atom. The fraction of sp³-hybridized carbons (Fsp3) is 0. The molecule has 1 N–H and O–H groups in total. The Bertz CT molecular complexity index is 992. The molecule has 0 amide bonds. The molecule has 0 fully saturated rings. The van der Waals surface area contributed by atoms with Crippen LogP contribution in [-0.2, 0) is 0 Å². The zero-order valence-corrected chi connectivity index (χ0v) is 14.5. The van der Waals surface area contributed by atoms with E-state index in [2.05, 4.69) is 15.1 Å². The molecule has 0 bridgehead atoms. The quantitative estimate of drug-likeness (QED) is 0.318. The third-order valence-electron chi connectivity index (χ3n) is 4.33. The molecule has 0 aliphatic heterocycles. The normalized spacial score (nSPS) is 10.4. The largest absolute Gasteiger partial charge is 0.410 e. The third-order valence-corrected chi connectivity index (χ3v) is 4.33. The molecule has 4 nitrogen and oxygen atoms in total. The molecule has 2 aromatic heterocycles. The minimum absolute atomic E-state index is 0.342. The highest BCUT2D eigenvalue weighted by molar-refractivity contribution is 6.16. The van der Waals surface area contributed by atoms with Crippen molar-refractivity contribution < 1.29 is 5.21 Å². The van der Waals surface area contributed by atoms with Crippen LogP contribution in [0, 0.1) is 0 Å². The monoisotopic (exact) mass is 351 g/mol. The molecule has 4 heteroatoms. The van der Waals surface area contributed by atoms with Gasteiger partial charge in [-0.1, -0.05) is 78.0 Å². The van der Waals surface area contributed by atoms with Crippen LogP contribution < -0.4 is 0 Å². The first kappa shape index (κ1) is 16.7. The Morgan fingerprint density at radius 2 is 1.04 bits per heavy atom. The van der Waals surface area contributed by atoms with Crippen LogP contribution >= 0.6 is 0 Å². The summed E-state index contributed by atoms with van der Waals surface area (Å²) in [5, 5.41) is 13.5. The van der Waals surface area contributed by atoms with Crippen molar-refractivity contribution >= 4 is 5.71 Å². The van der Waals surface area contributed by atoms with E-state index in [-0.39, 0.29) is 0 Å². The van der Waals surface area contributed by atoms with E-state index in [4.69, 9.17) is 0 Å². The van der Waals surface area contributed by atoms with Crippen molar-refractivity contribution in [3.05, 3.63) is 109 Å². The Balaban J connectivity index is 1.90. The van der Waals surface area contributed by atoms with Crippen molar-refractivity contribution in [1.29, 1.82) is 0 Å². The lowest BCUT2D eigenvalue weighted by atomic mass is 9.96. The van der Waals surface area contributed by atoms with Gasteiger partial charge in [0.05, 0.1) is 0 Å². The first-order valence-electron chi connectivity index (χ1n) is 8.62. The lowest BCUT2D eigenvalue weighted by molar-refractivity contribution is 0.319. The van der Waals surface area contributed by atoms with E-state index in [1.807, 2.05) is 84.9 Å². The average Bonchev–Trinajstić information content (AvgIpc) is 2.76. The van der Waals surface area contributed by atoms with E-state index >= 15 is 0 Å². The zero-order valence-electron chi connectivity index (χ0n) is 14.5. The van der Waals surface area contributed by atoms with Crippen molar-refractivity contribution in [1.82, 2.24) is 9.97 Å². The first-order chi connectivity index (χ1) is 13.4. The van der Waals surface area contributed by atoms with Gasteiger partial charge in [-0.2, -0.15) is 0 Å². The minimum Gasteiger partial charge on any atom is -0.410 e. The predicted molar refractivity (Wildman–Crippen MR) is 107 cm³/mol. The highest BCUT2D eigenvalue weighted by atomic mass is 16.4. The number of benzene rings is 2. The summed E-state index contributed by atoms with van der Waals surface area (Å²) < 4.78 is 0. The molecule has 0 aliphatic rings. The summed E-state index contributed by atoms with van der Waals surface area (Å²) >= 11 is 0. The fourth-order valence-corrected chi connectivity index (χ4v) is 3.10.